The van der Waals surface area contributed by atoms with E-state index in [1.54, 1.807) is 11.3 Å². The van der Waals surface area contributed by atoms with Crippen LogP contribution in [-0.2, 0) is 27.4 Å². The lowest BCUT2D eigenvalue weighted by molar-refractivity contribution is -0.154. The van der Waals surface area contributed by atoms with Crippen molar-refractivity contribution in [2.45, 2.75) is 79.4 Å². The van der Waals surface area contributed by atoms with Crippen molar-refractivity contribution in [3.8, 4) is 0 Å². The van der Waals surface area contributed by atoms with Gasteiger partial charge in [0.05, 0.1) is 17.2 Å². The van der Waals surface area contributed by atoms with E-state index in [1.165, 1.54) is 4.88 Å². The molecule has 0 bridgehead atoms. The van der Waals surface area contributed by atoms with E-state index < -0.39 is 11.5 Å². The molecule has 1 aliphatic heterocycles. The number of piperazine rings is 1. The summed E-state index contributed by atoms with van der Waals surface area (Å²) in [7, 11) is 2.09. The standard InChI is InChI=1S/C27H43N3O4S/c1-16(24(32)30-12-10-29(7)11-13-30)18-8-9-27(6)14-19-22(17(2)21(27)23(18)31)28-20(35-19)15-34-25(33)26(3,4)5/h16-18,21,23,31H,8-15H2,1-7H3/t16-,17-,18?,21+,23-,27-/m0/s1. The third-order valence-electron chi connectivity index (χ3n) is 8.75. The summed E-state index contributed by atoms with van der Waals surface area (Å²) in [6, 6.07) is 0. The van der Waals surface area contributed by atoms with Crippen LogP contribution in [0.3, 0.4) is 0 Å². The van der Waals surface area contributed by atoms with Crippen LogP contribution in [0.25, 0.3) is 0 Å². The lowest BCUT2D eigenvalue weighted by atomic mass is 9.53. The van der Waals surface area contributed by atoms with Crippen molar-refractivity contribution in [2.24, 2.45) is 28.6 Å². The molecule has 2 heterocycles. The second-order valence-electron chi connectivity index (χ2n) is 12.5. The normalized spacial score (nSPS) is 32.5. The second kappa shape index (κ2) is 9.75. The summed E-state index contributed by atoms with van der Waals surface area (Å²) in [5.74, 6) is -0.105. The van der Waals surface area contributed by atoms with Crippen molar-refractivity contribution in [1.82, 2.24) is 14.8 Å². The van der Waals surface area contributed by atoms with Gasteiger partial charge in [0.15, 0.2) is 0 Å². The van der Waals surface area contributed by atoms with Crippen molar-refractivity contribution in [3.63, 3.8) is 0 Å². The van der Waals surface area contributed by atoms with Crippen LogP contribution in [0, 0.1) is 28.6 Å². The van der Waals surface area contributed by atoms with Crippen molar-refractivity contribution >= 4 is 23.2 Å². The summed E-state index contributed by atoms with van der Waals surface area (Å²) in [6.07, 6.45) is 2.21. The number of aromatic nitrogens is 1. The number of likely N-dealkylation sites (N-methyl/N-ethyl adjacent to an activating group) is 1. The Morgan fingerprint density at radius 2 is 1.91 bits per heavy atom. The van der Waals surface area contributed by atoms with Gasteiger partial charge in [0.2, 0.25) is 5.91 Å². The molecule has 1 saturated heterocycles. The quantitative estimate of drug-likeness (QED) is 0.629. The van der Waals surface area contributed by atoms with Crippen molar-refractivity contribution in [1.29, 1.82) is 0 Å². The van der Waals surface area contributed by atoms with Gasteiger partial charge in [-0.1, -0.05) is 20.8 Å². The molecule has 4 rings (SSSR count). The molecule has 0 spiro atoms. The predicted molar refractivity (Wildman–Crippen MR) is 137 cm³/mol. The molecular formula is C27H43N3O4S. The summed E-state index contributed by atoms with van der Waals surface area (Å²) in [4.78, 5) is 35.9. The molecule has 2 fully saturated rings. The number of carbonyl (C=O) groups excluding carboxylic acids is 2. The molecule has 2 aliphatic carbocycles. The van der Waals surface area contributed by atoms with E-state index in [1.807, 2.05) is 32.6 Å². The SMILES string of the molecule is C[C@H](C(=O)N1CCN(C)CC1)C1CC[C@@]2(C)Cc3sc(COC(=O)C(C)(C)C)nc3[C@@H](C)[C@@H]2[C@H]1O. The number of thiazole rings is 1. The monoisotopic (exact) mass is 505 g/mol. The first-order valence-electron chi connectivity index (χ1n) is 13.1. The van der Waals surface area contributed by atoms with Gasteiger partial charge in [-0.15, -0.1) is 11.3 Å². The van der Waals surface area contributed by atoms with Crippen LogP contribution < -0.4 is 0 Å². The van der Waals surface area contributed by atoms with Gasteiger partial charge < -0.3 is 19.6 Å². The van der Waals surface area contributed by atoms with Crippen molar-refractivity contribution < 1.29 is 19.4 Å². The Labute approximate surface area is 214 Å². The van der Waals surface area contributed by atoms with Crippen LogP contribution in [0.15, 0.2) is 0 Å². The molecule has 1 aromatic heterocycles. The highest BCUT2D eigenvalue weighted by atomic mass is 32.1. The zero-order valence-electron chi connectivity index (χ0n) is 22.5. The van der Waals surface area contributed by atoms with Gasteiger partial charge >= 0.3 is 5.97 Å². The fourth-order valence-electron chi connectivity index (χ4n) is 6.50. The number of esters is 1. The highest BCUT2D eigenvalue weighted by Gasteiger charge is 2.54. The number of aliphatic hydroxyl groups is 1. The molecule has 1 saturated carbocycles. The van der Waals surface area contributed by atoms with Gasteiger partial charge in [-0.2, -0.15) is 0 Å². The molecular weight excluding hydrogens is 462 g/mol. The Hall–Kier alpha value is -1.51. The topological polar surface area (TPSA) is 83.0 Å². The molecule has 1 N–H and O–H groups in total. The fourth-order valence-corrected chi connectivity index (χ4v) is 7.78. The zero-order chi connectivity index (χ0) is 25.7. The van der Waals surface area contributed by atoms with Crippen LogP contribution in [0.1, 0.15) is 75.9 Å². The number of fused-ring (bicyclic) bond motifs is 2. The number of carbonyl (C=O) groups is 2. The summed E-state index contributed by atoms with van der Waals surface area (Å²) in [5.41, 5.74) is 0.478. The molecule has 1 unspecified atom stereocenters. The van der Waals surface area contributed by atoms with Gasteiger partial charge in [-0.05, 0) is 64.3 Å². The molecule has 7 nitrogen and oxygen atoms in total. The van der Waals surface area contributed by atoms with E-state index in [2.05, 4.69) is 25.8 Å². The Balaban J connectivity index is 1.48. The minimum Gasteiger partial charge on any atom is -0.458 e. The van der Waals surface area contributed by atoms with Gasteiger partial charge in [0.25, 0.3) is 0 Å². The maximum atomic E-state index is 13.3. The van der Waals surface area contributed by atoms with Crippen LogP contribution in [-0.4, -0.2) is 71.1 Å². The Bertz CT molecular complexity index is 949. The van der Waals surface area contributed by atoms with E-state index in [-0.39, 0.29) is 47.6 Å². The average Bonchev–Trinajstić information content (AvgIpc) is 3.19. The molecule has 196 valence electrons. The van der Waals surface area contributed by atoms with E-state index in [0.29, 0.717) is 0 Å². The third-order valence-corrected chi connectivity index (χ3v) is 9.80. The highest BCUT2D eigenvalue weighted by Crippen LogP contribution is 2.57. The molecule has 0 radical (unpaired) electrons. The van der Waals surface area contributed by atoms with Crippen LogP contribution in [0.2, 0.25) is 0 Å². The number of nitrogens with zero attached hydrogens (tertiary/aromatic N) is 3. The number of hydrogen-bond donors (Lipinski definition) is 1. The Morgan fingerprint density at radius 1 is 1.26 bits per heavy atom. The minimum atomic E-state index is -0.538. The van der Waals surface area contributed by atoms with Crippen molar-refractivity contribution in [2.75, 3.05) is 33.2 Å². The molecule has 3 aliphatic rings. The lowest BCUT2D eigenvalue weighted by Gasteiger charge is -2.53. The zero-order valence-corrected chi connectivity index (χ0v) is 23.3. The number of rotatable bonds is 4. The average molecular weight is 506 g/mol. The first kappa shape index (κ1) is 26.6. The Kier molecular flexibility index (Phi) is 7.39. The molecule has 6 atom stereocenters. The molecule has 0 aromatic carbocycles. The van der Waals surface area contributed by atoms with E-state index in [0.717, 1.165) is 56.1 Å². The first-order valence-corrected chi connectivity index (χ1v) is 13.9. The van der Waals surface area contributed by atoms with Gasteiger partial charge in [-0.3, -0.25) is 9.59 Å². The van der Waals surface area contributed by atoms with Crippen molar-refractivity contribution in [3.05, 3.63) is 15.6 Å². The smallest absolute Gasteiger partial charge is 0.311 e. The van der Waals surface area contributed by atoms with E-state index >= 15 is 0 Å². The maximum absolute atomic E-state index is 13.3. The minimum absolute atomic E-state index is 0.0230. The van der Waals surface area contributed by atoms with Gasteiger partial charge in [0, 0.05) is 42.9 Å². The van der Waals surface area contributed by atoms with Gasteiger partial charge in [0.1, 0.15) is 11.6 Å². The number of aliphatic hydroxyl groups excluding tert-OH is 1. The number of amides is 1. The second-order valence-corrected chi connectivity index (χ2v) is 13.7. The fraction of sp³-hybridized carbons (Fsp3) is 0.815. The third kappa shape index (κ3) is 5.16. The highest BCUT2D eigenvalue weighted by molar-refractivity contribution is 7.11. The van der Waals surface area contributed by atoms with Crippen LogP contribution in [0.4, 0.5) is 0 Å². The molecule has 35 heavy (non-hydrogen) atoms. The summed E-state index contributed by atoms with van der Waals surface area (Å²) < 4.78 is 5.52. The maximum Gasteiger partial charge on any atom is 0.311 e. The molecule has 1 aromatic rings. The number of ether oxygens (including phenoxy) is 1. The largest absolute Gasteiger partial charge is 0.458 e. The summed E-state index contributed by atoms with van der Waals surface area (Å²) in [5, 5.41) is 12.5. The van der Waals surface area contributed by atoms with Crippen LogP contribution in [0.5, 0.6) is 0 Å². The summed E-state index contributed by atoms with van der Waals surface area (Å²) in [6.45, 7) is 15.6. The summed E-state index contributed by atoms with van der Waals surface area (Å²) >= 11 is 1.64. The lowest BCUT2D eigenvalue weighted by Crippen LogP contribution is -2.55. The molecule has 1 amide bonds. The first-order chi connectivity index (χ1) is 16.3. The van der Waals surface area contributed by atoms with E-state index in [9.17, 15) is 14.7 Å². The van der Waals surface area contributed by atoms with Gasteiger partial charge in [-0.25, -0.2) is 4.98 Å². The van der Waals surface area contributed by atoms with Crippen LogP contribution >= 0.6 is 11.3 Å². The predicted octanol–water partition coefficient (Wildman–Crippen LogP) is 3.70. The van der Waals surface area contributed by atoms with E-state index in [4.69, 9.17) is 9.72 Å². The number of hydrogen-bond acceptors (Lipinski definition) is 7. The molecule has 8 heteroatoms. The Morgan fingerprint density at radius 3 is 2.54 bits per heavy atom.